The normalized spacial score (nSPS) is 10.0. The van der Waals surface area contributed by atoms with Crippen LogP contribution in [0.4, 0.5) is 10.5 Å². The van der Waals surface area contributed by atoms with Crippen molar-refractivity contribution in [3.8, 4) is 0 Å². The lowest BCUT2D eigenvalue weighted by atomic mass is 10.1. The van der Waals surface area contributed by atoms with Crippen molar-refractivity contribution in [2.24, 2.45) is 0 Å². The van der Waals surface area contributed by atoms with E-state index in [2.05, 4.69) is 5.32 Å². The highest BCUT2D eigenvalue weighted by Crippen LogP contribution is 2.22. The summed E-state index contributed by atoms with van der Waals surface area (Å²) in [6.07, 6.45) is -1.29. The first-order valence-corrected chi connectivity index (χ1v) is 4.23. The summed E-state index contributed by atoms with van der Waals surface area (Å²) in [7, 11) is 0. The smallest absolute Gasteiger partial charge is 0.288 e. The van der Waals surface area contributed by atoms with Crippen LogP contribution < -0.4 is 5.32 Å². The lowest BCUT2D eigenvalue weighted by Gasteiger charge is -2.03. The SMILES string of the molecule is [O]C(=O)Nc1cccc2ccccc12. The van der Waals surface area contributed by atoms with Gasteiger partial charge in [0.1, 0.15) is 0 Å². The van der Waals surface area contributed by atoms with E-state index in [0.717, 1.165) is 10.8 Å². The summed E-state index contributed by atoms with van der Waals surface area (Å²) in [6.45, 7) is 0. The Labute approximate surface area is 81.0 Å². The second-order valence-corrected chi connectivity index (χ2v) is 2.94. The van der Waals surface area contributed by atoms with E-state index in [1.807, 2.05) is 30.3 Å². The summed E-state index contributed by atoms with van der Waals surface area (Å²) < 4.78 is 0. The molecule has 2 aromatic rings. The molecule has 0 spiro atoms. The number of benzene rings is 2. The molecule has 69 valence electrons. The molecule has 1 radical (unpaired) electrons. The van der Waals surface area contributed by atoms with Gasteiger partial charge in [-0.1, -0.05) is 36.4 Å². The van der Waals surface area contributed by atoms with Gasteiger partial charge in [0.15, 0.2) is 0 Å². The Kier molecular flexibility index (Phi) is 2.07. The summed E-state index contributed by atoms with van der Waals surface area (Å²) in [6, 6.07) is 13.0. The van der Waals surface area contributed by atoms with Gasteiger partial charge in [-0.25, -0.2) is 9.90 Å². The Morgan fingerprint density at radius 1 is 1.00 bits per heavy atom. The summed E-state index contributed by atoms with van der Waals surface area (Å²) in [5, 5.41) is 14.5. The summed E-state index contributed by atoms with van der Waals surface area (Å²) >= 11 is 0. The Balaban J connectivity index is 2.59. The molecule has 2 rings (SSSR count). The van der Waals surface area contributed by atoms with Gasteiger partial charge in [-0.15, -0.1) is 0 Å². The number of anilines is 1. The number of amides is 1. The molecule has 0 atom stereocenters. The summed E-state index contributed by atoms with van der Waals surface area (Å²) in [5.74, 6) is 0. The van der Waals surface area contributed by atoms with E-state index in [4.69, 9.17) is 0 Å². The number of hydrogen-bond acceptors (Lipinski definition) is 1. The van der Waals surface area contributed by atoms with Gasteiger partial charge in [0, 0.05) is 5.39 Å². The maximum atomic E-state index is 10.4. The standard InChI is InChI=1S/C11H8NO2/c13-11(14)12-10-7-3-5-8-4-1-2-6-9(8)10/h1-7,12H. The summed E-state index contributed by atoms with van der Waals surface area (Å²) in [4.78, 5) is 10.4. The minimum atomic E-state index is -1.29. The van der Waals surface area contributed by atoms with Gasteiger partial charge >= 0.3 is 6.09 Å². The number of nitrogens with one attached hydrogen (secondary N) is 1. The van der Waals surface area contributed by atoms with Crippen LogP contribution in [-0.4, -0.2) is 6.09 Å². The number of carbonyl (C=O) groups excluding carboxylic acids is 1. The molecule has 3 heteroatoms. The van der Waals surface area contributed by atoms with Crippen molar-refractivity contribution in [1.29, 1.82) is 0 Å². The van der Waals surface area contributed by atoms with Crippen LogP contribution in [0.15, 0.2) is 42.5 Å². The molecule has 0 aliphatic rings. The lowest BCUT2D eigenvalue weighted by Crippen LogP contribution is -2.05. The fraction of sp³-hybridized carbons (Fsp3) is 0. The van der Waals surface area contributed by atoms with Crippen molar-refractivity contribution in [2.45, 2.75) is 0 Å². The molecule has 0 aliphatic carbocycles. The van der Waals surface area contributed by atoms with Crippen LogP contribution in [0.3, 0.4) is 0 Å². The number of rotatable bonds is 1. The van der Waals surface area contributed by atoms with E-state index in [0.29, 0.717) is 5.69 Å². The van der Waals surface area contributed by atoms with E-state index in [1.54, 1.807) is 12.1 Å². The van der Waals surface area contributed by atoms with Gasteiger partial charge in [0.05, 0.1) is 5.69 Å². The first-order valence-electron chi connectivity index (χ1n) is 4.23. The largest absolute Gasteiger partial charge is 0.454 e. The molecule has 2 aromatic carbocycles. The topological polar surface area (TPSA) is 49.0 Å². The molecule has 14 heavy (non-hydrogen) atoms. The van der Waals surface area contributed by atoms with Crippen LogP contribution in [0, 0.1) is 0 Å². The van der Waals surface area contributed by atoms with Gasteiger partial charge in [0.25, 0.3) is 0 Å². The molecular weight excluding hydrogens is 178 g/mol. The molecule has 0 heterocycles. The maximum absolute atomic E-state index is 10.4. The number of carbonyl (C=O) groups is 1. The highest BCUT2D eigenvalue weighted by molar-refractivity contribution is 5.99. The average Bonchev–Trinajstić information content (AvgIpc) is 2.18. The molecule has 1 N–H and O–H groups in total. The molecule has 0 fully saturated rings. The molecule has 1 amide bonds. The van der Waals surface area contributed by atoms with Gasteiger partial charge < -0.3 is 0 Å². The molecule has 0 aromatic heterocycles. The van der Waals surface area contributed by atoms with Crippen molar-refractivity contribution in [2.75, 3.05) is 5.32 Å². The third kappa shape index (κ3) is 1.52. The minimum Gasteiger partial charge on any atom is -0.288 e. The van der Waals surface area contributed by atoms with E-state index in [-0.39, 0.29) is 0 Å². The zero-order chi connectivity index (χ0) is 9.97. The number of fused-ring (bicyclic) bond motifs is 1. The van der Waals surface area contributed by atoms with Crippen LogP contribution in [0.5, 0.6) is 0 Å². The van der Waals surface area contributed by atoms with E-state index in [1.165, 1.54) is 0 Å². The van der Waals surface area contributed by atoms with Gasteiger partial charge in [0.2, 0.25) is 0 Å². The van der Waals surface area contributed by atoms with Gasteiger partial charge in [-0.3, -0.25) is 5.32 Å². The predicted molar refractivity (Wildman–Crippen MR) is 53.7 cm³/mol. The van der Waals surface area contributed by atoms with Crippen molar-refractivity contribution < 1.29 is 9.90 Å². The molecule has 0 saturated heterocycles. The molecule has 0 unspecified atom stereocenters. The summed E-state index contributed by atoms with van der Waals surface area (Å²) in [5.41, 5.74) is 0.558. The fourth-order valence-corrected chi connectivity index (χ4v) is 1.44. The van der Waals surface area contributed by atoms with Gasteiger partial charge in [-0.2, -0.15) is 0 Å². The van der Waals surface area contributed by atoms with E-state index >= 15 is 0 Å². The van der Waals surface area contributed by atoms with Crippen LogP contribution in [0.2, 0.25) is 0 Å². The van der Waals surface area contributed by atoms with Crippen molar-refractivity contribution >= 4 is 22.6 Å². The van der Waals surface area contributed by atoms with Crippen LogP contribution >= 0.6 is 0 Å². The highest BCUT2D eigenvalue weighted by Gasteiger charge is 2.03. The molecular formula is C11H8NO2. The zero-order valence-corrected chi connectivity index (χ0v) is 7.36. The van der Waals surface area contributed by atoms with E-state index < -0.39 is 6.09 Å². The van der Waals surface area contributed by atoms with Crippen LogP contribution in [0.1, 0.15) is 0 Å². The third-order valence-electron chi connectivity index (χ3n) is 2.03. The Hall–Kier alpha value is -2.03. The Bertz CT molecular complexity index is 474. The molecule has 0 saturated carbocycles. The zero-order valence-electron chi connectivity index (χ0n) is 7.36. The third-order valence-corrected chi connectivity index (χ3v) is 2.03. The Morgan fingerprint density at radius 3 is 2.50 bits per heavy atom. The first-order chi connectivity index (χ1) is 6.77. The average molecular weight is 186 g/mol. The second-order valence-electron chi connectivity index (χ2n) is 2.94. The molecule has 0 bridgehead atoms. The van der Waals surface area contributed by atoms with E-state index in [9.17, 15) is 9.90 Å². The van der Waals surface area contributed by atoms with Crippen molar-refractivity contribution in [3.63, 3.8) is 0 Å². The fourth-order valence-electron chi connectivity index (χ4n) is 1.44. The monoisotopic (exact) mass is 186 g/mol. The highest BCUT2D eigenvalue weighted by atomic mass is 16.4. The van der Waals surface area contributed by atoms with Crippen LogP contribution in [0.25, 0.3) is 10.8 Å². The number of hydrogen-bond donors (Lipinski definition) is 1. The quantitative estimate of drug-likeness (QED) is 0.731. The van der Waals surface area contributed by atoms with Crippen LogP contribution in [-0.2, 0) is 5.11 Å². The first kappa shape index (κ1) is 8.56. The minimum absolute atomic E-state index is 0.558. The molecule has 0 aliphatic heterocycles. The van der Waals surface area contributed by atoms with Gasteiger partial charge in [-0.05, 0) is 11.5 Å². The predicted octanol–water partition coefficient (Wildman–Crippen LogP) is 2.80. The van der Waals surface area contributed by atoms with Crippen molar-refractivity contribution in [3.05, 3.63) is 42.5 Å². The second kappa shape index (κ2) is 3.38. The Morgan fingerprint density at radius 2 is 1.71 bits per heavy atom. The molecule has 3 nitrogen and oxygen atoms in total. The maximum Gasteiger partial charge on any atom is 0.454 e. The lowest BCUT2D eigenvalue weighted by molar-refractivity contribution is 0.185. The van der Waals surface area contributed by atoms with Crippen molar-refractivity contribution in [1.82, 2.24) is 0 Å².